The molecule has 1 saturated heterocycles. The largest absolute Gasteiger partial charge is 0.313 e. The summed E-state index contributed by atoms with van der Waals surface area (Å²) in [5, 5.41) is 3.11. The fourth-order valence-corrected chi connectivity index (χ4v) is 2.97. The minimum absolute atomic E-state index is 0.518. The number of hydrogen-bond donors (Lipinski definition) is 1. The lowest BCUT2D eigenvalue weighted by Crippen LogP contribution is -2.28. The first-order chi connectivity index (χ1) is 7.75. The number of alkyl halides is 1. The van der Waals surface area contributed by atoms with Gasteiger partial charge in [0.1, 0.15) is 5.67 Å². The van der Waals surface area contributed by atoms with Crippen molar-refractivity contribution in [3.63, 3.8) is 0 Å². The minimum Gasteiger partial charge on any atom is -0.313 e. The zero-order valence-electron chi connectivity index (χ0n) is 9.56. The maximum atomic E-state index is 14.3. The Morgan fingerprint density at radius 2 is 2.12 bits per heavy atom. The molecule has 2 aliphatic rings. The van der Waals surface area contributed by atoms with Crippen LogP contribution in [0.3, 0.4) is 0 Å². The Kier molecular flexibility index (Phi) is 2.47. The third-order valence-electron chi connectivity index (χ3n) is 3.88. The van der Waals surface area contributed by atoms with Gasteiger partial charge in [0.05, 0.1) is 0 Å². The molecule has 0 amide bonds. The lowest BCUT2D eigenvalue weighted by atomic mass is 9.93. The van der Waals surface area contributed by atoms with Gasteiger partial charge in [0.2, 0.25) is 0 Å². The summed E-state index contributed by atoms with van der Waals surface area (Å²) in [4.78, 5) is 0. The van der Waals surface area contributed by atoms with E-state index in [1.807, 2.05) is 0 Å². The highest BCUT2D eigenvalue weighted by molar-refractivity contribution is 5.36. The zero-order chi connectivity index (χ0) is 11.0. The van der Waals surface area contributed by atoms with Crippen LogP contribution in [0, 0.1) is 0 Å². The molecule has 1 aliphatic carbocycles. The van der Waals surface area contributed by atoms with Crippen LogP contribution in [0.2, 0.25) is 0 Å². The molecule has 16 heavy (non-hydrogen) atoms. The van der Waals surface area contributed by atoms with Gasteiger partial charge in [-0.3, -0.25) is 0 Å². The Labute approximate surface area is 96.1 Å². The molecule has 0 spiro atoms. The van der Waals surface area contributed by atoms with Crippen molar-refractivity contribution in [2.45, 2.75) is 37.8 Å². The molecule has 0 saturated carbocycles. The van der Waals surface area contributed by atoms with E-state index in [1.165, 1.54) is 36.0 Å². The van der Waals surface area contributed by atoms with Crippen LogP contribution in [-0.2, 0) is 19.3 Å². The summed E-state index contributed by atoms with van der Waals surface area (Å²) in [5.74, 6) is 0. The average molecular weight is 219 g/mol. The van der Waals surface area contributed by atoms with E-state index >= 15 is 0 Å². The molecular formula is C14H18FN. The Balaban J connectivity index is 1.80. The summed E-state index contributed by atoms with van der Waals surface area (Å²) in [7, 11) is 0. The molecule has 2 heteroatoms. The van der Waals surface area contributed by atoms with Crippen LogP contribution < -0.4 is 5.32 Å². The van der Waals surface area contributed by atoms with Gasteiger partial charge in [-0.2, -0.15) is 0 Å². The molecule has 0 radical (unpaired) electrons. The lowest BCUT2D eigenvalue weighted by molar-refractivity contribution is 0.190. The average Bonchev–Trinajstić information content (AvgIpc) is 2.86. The van der Waals surface area contributed by atoms with Crippen molar-refractivity contribution in [2.75, 3.05) is 13.1 Å². The molecule has 3 rings (SSSR count). The van der Waals surface area contributed by atoms with Crippen LogP contribution in [-0.4, -0.2) is 18.8 Å². The second kappa shape index (κ2) is 3.85. The van der Waals surface area contributed by atoms with Crippen molar-refractivity contribution < 1.29 is 4.39 Å². The van der Waals surface area contributed by atoms with Gasteiger partial charge in [-0.05, 0) is 48.9 Å². The van der Waals surface area contributed by atoms with Crippen LogP contribution >= 0.6 is 0 Å². The first-order valence-electron chi connectivity index (χ1n) is 6.26. The topological polar surface area (TPSA) is 12.0 Å². The Morgan fingerprint density at radius 3 is 2.94 bits per heavy atom. The number of rotatable bonds is 2. The Bertz CT molecular complexity index is 394. The van der Waals surface area contributed by atoms with Crippen molar-refractivity contribution in [1.29, 1.82) is 0 Å². The predicted molar refractivity (Wildman–Crippen MR) is 63.5 cm³/mol. The van der Waals surface area contributed by atoms with Gasteiger partial charge >= 0.3 is 0 Å². The molecular weight excluding hydrogens is 201 g/mol. The molecule has 0 aromatic heterocycles. The maximum absolute atomic E-state index is 14.3. The molecule has 1 fully saturated rings. The van der Waals surface area contributed by atoms with E-state index in [-0.39, 0.29) is 0 Å². The highest BCUT2D eigenvalue weighted by atomic mass is 19.1. The minimum atomic E-state index is -1.01. The van der Waals surface area contributed by atoms with Crippen molar-refractivity contribution >= 4 is 0 Å². The quantitative estimate of drug-likeness (QED) is 0.805. The number of aryl methyl sites for hydroxylation is 2. The van der Waals surface area contributed by atoms with Crippen LogP contribution in [0.5, 0.6) is 0 Å². The summed E-state index contributed by atoms with van der Waals surface area (Å²) in [6.07, 6.45) is 4.89. The molecule has 1 nitrogen and oxygen atoms in total. The summed E-state index contributed by atoms with van der Waals surface area (Å²) in [6, 6.07) is 6.54. The van der Waals surface area contributed by atoms with Gasteiger partial charge in [0.15, 0.2) is 0 Å². The summed E-state index contributed by atoms with van der Waals surface area (Å²) in [6.45, 7) is 1.34. The highest BCUT2D eigenvalue weighted by Gasteiger charge is 2.33. The van der Waals surface area contributed by atoms with Gasteiger partial charge < -0.3 is 5.32 Å². The van der Waals surface area contributed by atoms with Crippen LogP contribution in [0.25, 0.3) is 0 Å². The van der Waals surface area contributed by atoms with E-state index in [0.717, 1.165) is 6.54 Å². The van der Waals surface area contributed by atoms with Gasteiger partial charge in [-0.1, -0.05) is 18.2 Å². The molecule has 1 heterocycles. The second-order valence-electron chi connectivity index (χ2n) is 5.21. The molecule has 86 valence electrons. The summed E-state index contributed by atoms with van der Waals surface area (Å²) in [5.41, 5.74) is 3.09. The molecule has 1 atom stereocenters. The van der Waals surface area contributed by atoms with Crippen molar-refractivity contribution in [1.82, 2.24) is 5.32 Å². The van der Waals surface area contributed by atoms with Crippen molar-refractivity contribution in [3.8, 4) is 0 Å². The normalized spacial score (nSPS) is 28.3. The van der Waals surface area contributed by atoms with Crippen molar-refractivity contribution in [2.24, 2.45) is 0 Å². The second-order valence-corrected chi connectivity index (χ2v) is 5.21. The fourth-order valence-electron chi connectivity index (χ4n) is 2.97. The molecule has 1 aromatic carbocycles. The van der Waals surface area contributed by atoms with E-state index in [0.29, 0.717) is 19.4 Å². The van der Waals surface area contributed by atoms with Crippen molar-refractivity contribution in [3.05, 3.63) is 34.9 Å². The van der Waals surface area contributed by atoms with Gasteiger partial charge in [-0.25, -0.2) is 4.39 Å². The molecule has 1 aliphatic heterocycles. The number of fused-ring (bicyclic) bond motifs is 1. The SMILES string of the molecule is FC1(Cc2ccc3c(c2)CCC3)CCNC1. The summed E-state index contributed by atoms with van der Waals surface area (Å²) < 4.78 is 14.3. The Hall–Kier alpha value is -0.890. The van der Waals surface area contributed by atoms with E-state index in [4.69, 9.17) is 0 Å². The first kappa shape index (κ1) is 10.3. The smallest absolute Gasteiger partial charge is 0.128 e. The van der Waals surface area contributed by atoms with Crippen LogP contribution in [0.1, 0.15) is 29.5 Å². The van der Waals surface area contributed by atoms with Gasteiger partial charge in [0, 0.05) is 13.0 Å². The third kappa shape index (κ3) is 1.86. The molecule has 1 unspecified atom stereocenters. The van der Waals surface area contributed by atoms with E-state index in [1.54, 1.807) is 0 Å². The van der Waals surface area contributed by atoms with Gasteiger partial charge in [0.25, 0.3) is 0 Å². The van der Waals surface area contributed by atoms with E-state index in [2.05, 4.69) is 23.5 Å². The van der Waals surface area contributed by atoms with Gasteiger partial charge in [-0.15, -0.1) is 0 Å². The number of halogens is 1. The van der Waals surface area contributed by atoms with E-state index < -0.39 is 5.67 Å². The first-order valence-corrected chi connectivity index (χ1v) is 6.26. The standard InChI is InChI=1S/C14H18FN/c15-14(6-7-16-10-14)9-11-4-5-12-2-1-3-13(12)8-11/h4-5,8,16H,1-3,6-7,9-10H2. The van der Waals surface area contributed by atoms with E-state index in [9.17, 15) is 4.39 Å². The molecule has 0 bridgehead atoms. The van der Waals surface area contributed by atoms with Crippen LogP contribution in [0.15, 0.2) is 18.2 Å². The monoisotopic (exact) mass is 219 g/mol. The van der Waals surface area contributed by atoms with Crippen LogP contribution in [0.4, 0.5) is 4.39 Å². The lowest BCUT2D eigenvalue weighted by Gasteiger charge is -2.18. The zero-order valence-corrected chi connectivity index (χ0v) is 9.56. The number of benzene rings is 1. The number of nitrogens with one attached hydrogen (secondary N) is 1. The predicted octanol–water partition coefficient (Wildman–Crippen LogP) is 2.42. The molecule has 1 aromatic rings. The number of hydrogen-bond acceptors (Lipinski definition) is 1. The Morgan fingerprint density at radius 1 is 1.25 bits per heavy atom. The third-order valence-corrected chi connectivity index (χ3v) is 3.88. The fraction of sp³-hybridized carbons (Fsp3) is 0.571. The summed E-state index contributed by atoms with van der Waals surface area (Å²) >= 11 is 0. The molecule has 1 N–H and O–H groups in total. The highest BCUT2D eigenvalue weighted by Crippen LogP contribution is 2.28. The maximum Gasteiger partial charge on any atom is 0.128 e.